The smallest absolute Gasteiger partial charge is 0.106 e. The van der Waals surface area contributed by atoms with Crippen molar-refractivity contribution in [3.8, 4) is 0 Å². The molecule has 1 aromatic rings. The van der Waals surface area contributed by atoms with E-state index in [2.05, 4.69) is 19.8 Å². The zero-order valence-corrected chi connectivity index (χ0v) is 15.6. The maximum Gasteiger partial charge on any atom is 0.106 e. The van der Waals surface area contributed by atoms with Crippen molar-refractivity contribution < 1.29 is 5.11 Å². The minimum absolute atomic E-state index is 0.524. The van der Waals surface area contributed by atoms with Crippen LogP contribution in [0.3, 0.4) is 0 Å². The fourth-order valence-corrected chi connectivity index (χ4v) is 5.06. The molecule has 0 aromatic carbocycles. The Kier molecular flexibility index (Phi) is 5.44. The van der Waals surface area contributed by atoms with Gasteiger partial charge in [0.15, 0.2) is 0 Å². The first kappa shape index (κ1) is 17.5. The molecule has 0 spiro atoms. The molecule has 140 valence electrons. The Balaban J connectivity index is 1.26. The van der Waals surface area contributed by atoms with Crippen LogP contribution < -0.4 is 0 Å². The Hall–Kier alpha value is -0.910. The highest BCUT2D eigenvalue weighted by atomic mass is 16.3. The van der Waals surface area contributed by atoms with Gasteiger partial charge >= 0.3 is 0 Å². The van der Waals surface area contributed by atoms with Gasteiger partial charge in [-0.2, -0.15) is 0 Å². The number of nitrogens with zero attached hydrogens (tertiary/aromatic N) is 3. The van der Waals surface area contributed by atoms with Crippen LogP contribution in [0.1, 0.15) is 62.9 Å². The number of likely N-dealkylation sites (tertiary alicyclic amines) is 2. The number of imidazole rings is 1. The molecule has 3 fully saturated rings. The first-order valence-corrected chi connectivity index (χ1v) is 10.4. The number of aromatic amines is 1. The van der Waals surface area contributed by atoms with Crippen molar-refractivity contribution >= 4 is 0 Å². The van der Waals surface area contributed by atoms with Gasteiger partial charge < -0.3 is 15.0 Å². The molecular weight excluding hydrogens is 312 g/mol. The van der Waals surface area contributed by atoms with Crippen molar-refractivity contribution in [3.63, 3.8) is 0 Å². The number of aliphatic hydroxyl groups is 1. The molecule has 0 radical (unpaired) electrons. The van der Waals surface area contributed by atoms with E-state index < -0.39 is 5.60 Å². The highest BCUT2D eigenvalue weighted by Gasteiger charge is 2.37. The molecule has 1 aromatic heterocycles. The van der Waals surface area contributed by atoms with Crippen molar-refractivity contribution in [1.29, 1.82) is 0 Å². The quantitative estimate of drug-likeness (QED) is 0.831. The van der Waals surface area contributed by atoms with Crippen LogP contribution in [0.4, 0.5) is 0 Å². The molecule has 1 saturated carbocycles. The Morgan fingerprint density at radius 1 is 1.08 bits per heavy atom. The Labute approximate surface area is 151 Å². The highest BCUT2D eigenvalue weighted by Crippen LogP contribution is 2.28. The largest absolute Gasteiger partial charge is 0.387 e. The molecule has 5 heteroatoms. The summed E-state index contributed by atoms with van der Waals surface area (Å²) in [6, 6.07) is 0. The standard InChI is InChI=1S/C20H34N4O/c25-20(15-23-9-4-1-5-10-23)8-11-24(16-20)14-18-13-21-19(22-18)12-17-6-2-3-7-17/h13,17,25H,1-12,14-16H2,(H,21,22)/t20-/m1/s1. The van der Waals surface area contributed by atoms with Gasteiger partial charge in [0.25, 0.3) is 0 Å². The lowest BCUT2D eigenvalue weighted by molar-refractivity contribution is 0.00628. The van der Waals surface area contributed by atoms with Gasteiger partial charge in [0, 0.05) is 44.5 Å². The van der Waals surface area contributed by atoms with E-state index in [9.17, 15) is 5.11 Å². The molecule has 0 amide bonds. The zero-order chi connectivity index (χ0) is 17.1. The molecule has 3 aliphatic rings. The summed E-state index contributed by atoms with van der Waals surface area (Å²) >= 11 is 0. The molecule has 1 aliphatic carbocycles. The third-order valence-electron chi connectivity index (χ3n) is 6.41. The van der Waals surface area contributed by atoms with Crippen LogP contribution >= 0.6 is 0 Å². The van der Waals surface area contributed by atoms with Gasteiger partial charge in [-0.05, 0) is 38.3 Å². The fraction of sp³-hybridized carbons (Fsp3) is 0.850. The molecule has 2 saturated heterocycles. The van der Waals surface area contributed by atoms with Gasteiger partial charge in [0.1, 0.15) is 5.82 Å². The Morgan fingerprint density at radius 3 is 2.68 bits per heavy atom. The van der Waals surface area contributed by atoms with Gasteiger partial charge in [0.2, 0.25) is 0 Å². The van der Waals surface area contributed by atoms with Gasteiger partial charge in [-0.1, -0.05) is 32.1 Å². The van der Waals surface area contributed by atoms with Crippen LogP contribution in [-0.2, 0) is 13.0 Å². The van der Waals surface area contributed by atoms with E-state index in [-0.39, 0.29) is 0 Å². The number of aromatic nitrogens is 2. The molecule has 0 bridgehead atoms. The molecule has 4 rings (SSSR count). The van der Waals surface area contributed by atoms with Crippen molar-refractivity contribution in [2.75, 3.05) is 32.7 Å². The third-order valence-corrected chi connectivity index (χ3v) is 6.41. The summed E-state index contributed by atoms with van der Waals surface area (Å²) < 4.78 is 0. The SMILES string of the molecule is O[C@@]1(CN2CCCCC2)CCN(Cc2cnc(CC3CCCC3)[nH]2)C1. The van der Waals surface area contributed by atoms with E-state index >= 15 is 0 Å². The fourth-order valence-electron chi connectivity index (χ4n) is 5.06. The second kappa shape index (κ2) is 7.77. The summed E-state index contributed by atoms with van der Waals surface area (Å²) in [5.41, 5.74) is 0.680. The number of nitrogens with one attached hydrogen (secondary N) is 1. The molecular formula is C20H34N4O. The average molecular weight is 347 g/mol. The number of hydrogen-bond donors (Lipinski definition) is 2. The molecule has 2 N–H and O–H groups in total. The number of hydrogen-bond acceptors (Lipinski definition) is 4. The molecule has 1 atom stereocenters. The zero-order valence-electron chi connectivity index (χ0n) is 15.6. The van der Waals surface area contributed by atoms with E-state index in [0.29, 0.717) is 0 Å². The minimum Gasteiger partial charge on any atom is -0.387 e. The second-order valence-electron chi connectivity index (χ2n) is 8.73. The van der Waals surface area contributed by atoms with E-state index in [0.717, 1.165) is 63.9 Å². The van der Waals surface area contributed by atoms with E-state index in [1.165, 1.54) is 50.6 Å². The minimum atomic E-state index is -0.524. The lowest BCUT2D eigenvalue weighted by Crippen LogP contribution is -2.46. The van der Waals surface area contributed by atoms with Gasteiger partial charge in [0.05, 0.1) is 5.60 Å². The molecule has 0 unspecified atom stereocenters. The van der Waals surface area contributed by atoms with Crippen molar-refractivity contribution in [1.82, 2.24) is 19.8 Å². The lowest BCUT2D eigenvalue weighted by atomic mass is 10.0. The van der Waals surface area contributed by atoms with Crippen molar-refractivity contribution in [2.24, 2.45) is 5.92 Å². The van der Waals surface area contributed by atoms with Crippen LogP contribution in [-0.4, -0.2) is 63.2 Å². The van der Waals surface area contributed by atoms with E-state index in [4.69, 9.17) is 0 Å². The van der Waals surface area contributed by atoms with E-state index in [1.54, 1.807) is 0 Å². The molecule has 5 nitrogen and oxygen atoms in total. The highest BCUT2D eigenvalue weighted by molar-refractivity contribution is 5.04. The van der Waals surface area contributed by atoms with Crippen LogP contribution in [0.15, 0.2) is 6.20 Å². The summed E-state index contributed by atoms with van der Waals surface area (Å²) in [5, 5.41) is 11.0. The normalized spacial score (nSPS) is 29.6. The predicted molar refractivity (Wildman–Crippen MR) is 99.4 cm³/mol. The molecule has 2 aliphatic heterocycles. The molecule has 25 heavy (non-hydrogen) atoms. The second-order valence-corrected chi connectivity index (χ2v) is 8.73. The number of piperidine rings is 1. The Morgan fingerprint density at radius 2 is 1.88 bits per heavy atom. The maximum atomic E-state index is 11.0. The molecule has 3 heterocycles. The van der Waals surface area contributed by atoms with Crippen molar-refractivity contribution in [3.05, 3.63) is 17.7 Å². The van der Waals surface area contributed by atoms with Crippen LogP contribution in [0.25, 0.3) is 0 Å². The number of β-amino-alcohol motifs (C(OH)–C–C–N with tert-alkyl or cyclic N) is 1. The lowest BCUT2D eigenvalue weighted by Gasteiger charge is -2.33. The topological polar surface area (TPSA) is 55.4 Å². The monoisotopic (exact) mass is 346 g/mol. The first-order chi connectivity index (χ1) is 12.2. The number of rotatable bonds is 6. The summed E-state index contributed by atoms with van der Waals surface area (Å²) in [6.07, 6.45) is 13.5. The Bertz CT molecular complexity index is 548. The van der Waals surface area contributed by atoms with Gasteiger partial charge in [-0.3, -0.25) is 4.90 Å². The summed E-state index contributed by atoms with van der Waals surface area (Å²) in [7, 11) is 0. The van der Waals surface area contributed by atoms with Crippen LogP contribution in [0, 0.1) is 5.92 Å². The van der Waals surface area contributed by atoms with Crippen molar-refractivity contribution in [2.45, 2.75) is 69.9 Å². The van der Waals surface area contributed by atoms with Crippen LogP contribution in [0.5, 0.6) is 0 Å². The van der Waals surface area contributed by atoms with E-state index in [1.807, 2.05) is 6.20 Å². The predicted octanol–water partition coefficient (Wildman–Crippen LogP) is 2.57. The summed E-state index contributed by atoms with van der Waals surface area (Å²) in [5.74, 6) is 1.99. The van der Waals surface area contributed by atoms with Gasteiger partial charge in [-0.15, -0.1) is 0 Å². The van der Waals surface area contributed by atoms with Crippen LogP contribution in [0.2, 0.25) is 0 Å². The summed E-state index contributed by atoms with van der Waals surface area (Å²) in [6.45, 7) is 5.84. The maximum absolute atomic E-state index is 11.0. The van der Waals surface area contributed by atoms with Gasteiger partial charge in [-0.25, -0.2) is 4.98 Å². The summed E-state index contributed by atoms with van der Waals surface area (Å²) in [4.78, 5) is 13.0. The first-order valence-electron chi connectivity index (χ1n) is 10.4. The number of H-pyrrole nitrogens is 1. The third kappa shape index (κ3) is 4.63. The average Bonchev–Trinajstić information content (AvgIpc) is 3.33.